The molecule has 0 spiro atoms. The summed E-state index contributed by atoms with van der Waals surface area (Å²) in [5, 5.41) is 13.6. The molecular weight excluding hydrogens is 212 g/mol. The number of anilines is 1. The Morgan fingerprint density at radius 3 is 2.06 bits per heavy atom. The summed E-state index contributed by atoms with van der Waals surface area (Å²) in [4.78, 5) is 2.07. The first kappa shape index (κ1) is 12.4. The van der Waals surface area contributed by atoms with E-state index in [0.29, 0.717) is 0 Å². The third-order valence-corrected chi connectivity index (χ3v) is 3.85. The van der Waals surface area contributed by atoms with Crippen LogP contribution in [0.3, 0.4) is 0 Å². The molecule has 1 radical (unpaired) electrons. The molecule has 93 valence electrons. The lowest BCUT2D eigenvalue weighted by Gasteiger charge is -2.32. The second-order valence-electron chi connectivity index (χ2n) is 6.04. The van der Waals surface area contributed by atoms with E-state index >= 15 is 0 Å². The monoisotopic (exact) mass is 233 g/mol. The second-order valence-corrected chi connectivity index (χ2v) is 6.04. The van der Waals surface area contributed by atoms with Gasteiger partial charge in [-0.2, -0.15) is 0 Å². The van der Waals surface area contributed by atoms with Crippen molar-refractivity contribution in [2.24, 2.45) is 0 Å². The molecule has 0 fully saturated rings. The predicted molar refractivity (Wildman–Crippen MR) is 69.3 cm³/mol. The Morgan fingerprint density at radius 2 is 1.53 bits per heavy atom. The summed E-state index contributed by atoms with van der Waals surface area (Å²) in [5.74, 6) is 0. The molecule has 17 heavy (non-hydrogen) atoms. The van der Waals surface area contributed by atoms with Gasteiger partial charge < -0.3 is 4.90 Å². The largest absolute Gasteiger partial charge is 0.378 e. The van der Waals surface area contributed by atoms with Gasteiger partial charge in [0.25, 0.3) is 0 Å². The van der Waals surface area contributed by atoms with Crippen molar-refractivity contribution < 1.29 is 5.21 Å². The number of hydrogen-bond donors (Lipinski definition) is 0. The number of hydroxylamine groups is 2. The summed E-state index contributed by atoms with van der Waals surface area (Å²) in [6.07, 6.45) is 0. The van der Waals surface area contributed by atoms with Crippen LogP contribution >= 0.6 is 0 Å². The lowest BCUT2D eigenvalue weighted by atomic mass is 9.90. The topological polar surface area (TPSA) is 26.4 Å². The summed E-state index contributed by atoms with van der Waals surface area (Å²) >= 11 is 0. The molecule has 3 nitrogen and oxygen atoms in total. The fourth-order valence-electron chi connectivity index (χ4n) is 2.77. The average molecular weight is 233 g/mol. The molecule has 2 rings (SSSR count). The Labute approximate surface area is 104 Å². The fraction of sp³-hybridized carbons (Fsp3) is 0.571. The first-order valence-corrected chi connectivity index (χ1v) is 5.99. The highest BCUT2D eigenvalue weighted by Crippen LogP contribution is 2.49. The highest BCUT2D eigenvalue weighted by Gasteiger charge is 2.49. The van der Waals surface area contributed by atoms with E-state index in [4.69, 9.17) is 0 Å². The zero-order valence-corrected chi connectivity index (χ0v) is 11.5. The van der Waals surface area contributed by atoms with Gasteiger partial charge in [0.05, 0.1) is 11.1 Å². The SMILES string of the molecule is CN(C)c1ccc2c(c1)C(C)(C)N([O])C2(C)C. The average Bonchev–Trinajstić information content (AvgIpc) is 2.38. The van der Waals surface area contributed by atoms with Gasteiger partial charge in [0.1, 0.15) is 0 Å². The van der Waals surface area contributed by atoms with Crippen LogP contribution in [0.4, 0.5) is 5.69 Å². The predicted octanol–water partition coefficient (Wildman–Crippen LogP) is 2.88. The van der Waals surface area contributed by atoms with Crippen molar-refractivity contribution in [3.8, 4) is 0 Å². The zero-order chi connectivity index (χ0) is 13.0. The Bertz CT molecular complexity index is 450. The van der Waals surface area contributed by atoms with Gasteiger partial charge in [-0.05, 0) is 51.0 Å². The lowest BCUT2D eigenvalue weighted by Crippen LogP contribution is -2.41. The molecule has 0 saturated carbocycles. The number of rotatable bonds is 1. The van der Waals surface area contributed by atoms with E-state index in [1.165, 1.54) is 5.06 Å². The van der Waals surface area contributed by atoms with Gasteiger partial charge in [0.15, 0.2) is 0 Å². The fourth-order valence-corrected chi connectivity index (χ4v) is 2.77. The quantitative estimate of drug-likeness (QED) is 0.745. The summed E-state index contributed by atoms with van der Waals surface area (Å²) < 4.78 is 0. The van der Waals surface area contributed by atoms with Crippen molar-refractivity contribution in [3.63, 3.8) is 0 Å². The van der Waals surface area contributed by atoms with Crippen LogP contribution in [0.1, 0.15) is 38.8 Å². The van der Waals surface area contributed by atoms with Crippen LogP contribution < -0.4 is 4.90 Å². The number of fused-ring (bicyclic) bond motifs is 1. The molecule has 0 amide bonds. The first-order valence-electron chi connectivity index (χ1n) is 5.99. The van der Waals surface area contributed by atoms with Crippen molar-refractivity contribution in [1.82, 2.24) is 5.06 Å². The minimum absolute atomic E-state index is 0.441. The third-order valence-electron chi connectivity index (χ3n) is 3.85. The highest BCUT2D eigenvalue weighted by atomic mass is 16.5. The maximum Gasteiger partial charge on any atom is 0.0699 e. The molecule has 0 unspecified atom stereocenters. The van der Waals surface area contributed by atoms with Crippen molar-refractivity contribution in [2.45, 2.75) is 38.8 Å². The molecule has 1 aromatic carbocycles. The van der Waals surface area contributed by atoms with Crippen LogP contribution in [0.15, 0.2) is 18.2 Å². The van der Waals surface area contributed by atoms with Crippen LogP contribution in [0.25, 0.3) is 0 Å². The molecule has 0 saturated heterocycles. The van der Waals surface area contributed by atoms with Crippen molar-refractivity contribution in [2.75, 3.05) is 19.0 Å². The Morgan fingerprint density at radius 1 is 1.00 bits per heavy atom. The molecule has 1 heterocycles. The Kier molecular flexibility index (Phi) is 2.53. The summed E-state index contributed by atoms with van der Waals surface area (Å²) in [6.45, 7) is 7.96. The van der Waals surface area contributed by atoms with E-state index in [1.54, 1.807) is 0 Å². The van der Waals surface area contributed by atoms with Crippen molar-refractivity contribution >= 4 is 5.69 Å². The maximum atomic E-state index is 12.4. The maximum absolute atomic E-state index is 12.4. The van der Waals surface area contributed by atoms with E-state index in [-0.39, 0.29) is 0 Å². The molecule has 1 aliphatic heterocycles. The van der Waals surface area contributed by atoms with Gasteiger partial charge >= 0.3 is 0 Å². The highest BCUT2D eigenvalue weighted by molar-refractivity contribution is 5.55. The molecule has 0 bridgehead atoms. The minimum Gasteiger partial charge on any atom is -0.378 e. The number of nitrogens with zero attached hydrogens (tertiary/aromatic N) is 2. The Hall–Kier alpha value is -1.06. The van der Waals surface area contributed by atoms with Crippen LogP contribution in [-0.2, 0) is 16.3 Å². The van der Waals surface area contributed by atoms with E-state index in [9.17, 15) is 5.21 Å². The van der Waals surface area contributed by atoms with Gasteiger partial charge in [-0.15, -0.1) is 10.3 Å². The molecule has 3 heteroatoms. The van der Waals surface area contributed by atoms with E-state index in [0.717, 1.165) is 16.8 Å². The van der Waals surface area contributed by atoms with Crippen LogP contribution in [-0.4, -0.2) is 19.2 Å². The molecule has 0 atom stereocenters. The molecule has 1 aromatic rings. The first-order chi connectivity index (χ1) is 7.69. The molecule has 0 aliphatic carbocycles. The van der Waals surface area contributed by atoms with Crippen molar-refractivity contribution in [3.05, 3.63) is 29.3 Å². The Balaban J connectivity index is 2.64. The molecule has 1 aliphatic rings. The standard InChI is InChI=1S/C14H21N2O/c1-13(2)11-8-7-10(15(5)6)9-12(11)14(3,4)16(13)17/h7-9H,1-6H3. The van der Waals surface area contributed by atoms with Crippen LogP contribution in [0.5, 0.6) is 0 Å². The van der Waals surface area contributed by atoms with Gasteiger partial charge in [0, 0.05) is 19.8 Å². The summed E-state index contributed by atoms with van der Waals surface area (Å²) in [5.41, 5.74) is 2.53. The van der Waals surface area contributed by atoms with E-state index in [1.807, 2.05) is 41.8 Å². The minimum atomic E-state index is -0.454. The third kappa shape index (κ3) is 1.57. The zero-order valence-electron chi connectivity index (χ0n) is 11.5. The lowest BCUT2D eigenvalue weighted by molar-refractivity contribution is -0.266. The summed E-state index contributed by atoms with van der Waals surface area (Å²) in [7, 11) is 4.04. The van der Waals surface area contributed by atoms with E-state index in [2.05, 4.69) is 23.1 Å². The van der Waals surface area contributed by atoms with Gasteiger partial charge in [-0.1, -0.05) is 6.07 Å². The molecule has 0 aromatic heterocycles. The molecular formula is C14H21N2O. The second kappa shape index (κ2) is 3.47. The van der Waals surface area contributed by atoms with Gasteiger partial charge in [0.2, 0.25) is 0 Å². The van der Waals surface area contributed by atoms with Gasteiger partial charge in [-0.3, -0.25) is 0 Å². The van der Waals surface area contributed by atoms with Gasteiger partial charge in [-0.25, -0.2) is 0 Å². The van der Waals surface area contributed by atoms with E-state index < -0.39 is 11.1 Å². The van der Waals surface area contributed by atoms with Crippen LogP contribution in [0, 0.1) is 0 Å². The number of benzene rings is 1. The van der Waals surface area contributed by atoms with Crippen LogP contribution in [0.2, 0.25) is 0 Å². The number of hydrogen-bond acceptors (Lipinski definition) is 2. The summed E-state index contributed by atoms with van der Waals surface area (Å²) in [6, 6.07) is 6.30. The normalized spacial score (nSPS) is 21.4. The smallest absolute Gasteiger partial charge is 0.0699 e. The molecule has 0 N–H and O–H groups in total. The van der Waals surface area contributed by atoms with Crippen molar-refractivity contribution in [1.29, 1.82) is 0 Å².